The largest absolute Gasteiger partial charge is 0.309 e. The van der Waals surface area contributed by atoms with Crippen LogP contribution in [-0.2, 0) is 0 Å². The topological polar surface area (TPSA) is 28.2 Å². The summed E-state index contributed by atoms with van der Waals surface area (Å²) < 4.78 is 2.33. The van der Waals surface area contributed by atoms with E-state index >= 15 is 0 Å². The summed E-state index contributed by atoms with van der Waals surface area (Å²) in [5.41, 5.74) is 8.92. The van der Waals surface area contributed by atoms with Gasteiger partial charge in [-0.3, -0.25) is 0 Å². The summed E-state index contributed by atoms with van der Waals surface area (Å²) in [6.45, 7) is 0. The number of para-hydroxylation sites is 1. The van der Waals surface area contributed by atoms with E-state index in [9.17, 15) is 5.26 Å². The predicted octanol–water partition coefficient (Wildman–Crippen LogP) is 7.45. The minimum Gasteiger partial charge on any atom is -0.309 e. The molecule has 4 aromatic carbocycles. The lowest BCUT2D eigenvalue weighted by Crippen LogP contribution is -1.96. The summed E-state index contributed by atoms with van der Waals surface area (Å²) in [6, 6.07) is 40.2. The van der Waals surface area contributed by atoms with Crippen LogP contribution in [-0.4, -0.2) is 4.40 Å². The summed E-state index contributed by atoms with van der Waals surface area (Å²) in [6.07, 6.45) is 0. The molecule has 0 fully saturated rings. The quantitative estimate of drug-likeness (QED) is 0.300. The van der Waals surface area contributed by atoms with Crippen LogP contribution in [0.25, 0.3) is 49.6 Å². The third-order valence-corrected chi connectivity index (χ3v) is 5.98. The van der Waals surface area contributed by atoms with Gasteiger partial charge in [-0.15, -0.1) is 0 Å². The SMILES string of the molecule is N#Cc1ccc2c(c1)cc1c(-c3ccccc3)c(-c3ccccc3)c3ccccc3n12. The highest BCUT2D eigenvalue weighted by Gasteiger charge is 2.19. The average molecular weight is 394 g/mol. The van der Waals surface area contributed by atoms with Crippen molar-refractivity contribution < 1.29 is 0 Å². The molecule has 0 N–H and O–H groups in total. The van der Waals surface area contributed by atoms with Crippen LogP contribution in [0.2, 0.25) is 0 Å². The number of pyridine rings is 1. The predicted molar refractivity (Wildman–Crippen MR) is 128 cm³/mol. The Labute approximate surface area is 180 Å². The number of aromatic nitrogens is 1. The van der Waals surface area contributed by atoms with E-state index < -0.39 is 0 Å². The van der Waals surface area contributed by atoms with Gasteiger partial charge in [0.25, 0.3) is 0 Å². The zero-order valence-electron chi connectivity index (χ0n) is 16.8. The van der Waals surface area contributed by atoms with Crippen molar-refractivity contribution in [2.45, 2.75) is 0 Å². The fourth-order valence-corrected chi connectivity index (χ4v) is 4.67. The van der Waals surface area contributed by atoms with Crippen molar-refractivity contribution in [3.63, 3.8) is 0 Å². The second-order valence-electron chi connectivity index (χ2n) is 7.75. The van der Waals surface area contributed by atoms with E-state index in [1.165, 1.54) is 27.6 Å². The Morgan fingerprint density at radius 1 is 0.548 bits per heavy atom. The van der Waals surface area contributed by atoms with Gasteiger partial charge in [0.15, 0.2) is 0 Å². The van der Waals surface area contributed by atoms with E-state index in [2.05, 4.69) is 108 Å². The van der Waals surface area contributed by atoms with Gasteiger partial charge < -0.3 is 4.40 Å². The lowest BCUT2D eigenvalue weighted by molar-refractivity contribution is 1.33. The highest BCUT2D eigenvalue weighted by atomic mass is 14.9. The third kappa shape index (κ3) is 2.64. The van der Waals surface area contributed by atoms with Gasteiger partial charge in [0, 0.05) is 21.9 Å². The van der Waals surface area contributed by atoms with Gasteiger partial charge in [-0.05, 0) is 41.5 Å². The maximum atomic E-state index is 9.41. The second kappa shape index (κ2) is 6.86. The summed E-state index contributed by atoms with van der Waals surface area (Å²) >= 11 is 0. The minimum atomic E-state index is 0.678. The minimum absolute atomic E-state index is 0.678. The highest BCUT2D eigenvalue weighted by molar-refractivity contribution is 6.11. The van der Waals surface area contributed by atoms with E-state index in [4.69, 9.17) is 0 Å². The van der Waals surface area contributed by atoms with Gasteiger partial charge in [0.1, 0.15) is 0 Å². The molecule has 2 nitrogen and oxygen atoms in total. The van der Waals surface area contributed by atoms with Crippen molar-refractivity contribution >= 4 is 27.3 Å². The first-order valence-corrected chi connectivity index (χ1v) is 10.4. The molecule has 0 aliphatic heterocycles. The van der Waals surface area contributed by atoms with Crippen LogP contribution < -0.4 is 0 Å². The van der Waals surface area contributed by atoms with E-state index in [-0.39, 0.29) is 0 Å². The van der Waals surface area contributed by atoms with Crippen LogP contribution in [0.5, 0.6) is 0 Å². The van der Waals surface area contributed by atoms with E-state index in [1.807, 2.05) is 12.1 Å². The standard InChI is InChI=1S/C29H18N2/c30-19-20-15-16-25-23(17-20)18-27-29(22-11-5-2-6-12-22)28(21-9-3-1-4-10-21)24-13-7-8-14-26(24)31(25)27/h1-18H. The highest BCUT2D eigenvalue weighted by Crippen LogP contribution is 2.43. The van der Waals surface area contributed by atoms with E-state index in [1.54, 1.807) is 0 Å². The first kappa shape index (κ1) is 17.5. The number of nitrogens with zero attached hydrogens (tertiary/aromatic N) is 2. The summed E-state index contributed by atoms with van der Waals surface area (Å²) in [4.78, 5) is 0. The zero-order valence-corrected chi connectivity index (χ0v) is 16.8. The zero-order chi connectivity index (χ0) is 20.8. The van der Waals surface area contributed by atoms with Crippen molar-refractivity contribution in [2.24, 2.45) is 0 Å². The molecule has 0 unspecified atom stereocenters. The second-order valence-corrected chi connectivity index (χ2v) is 7.75. The van der Waals surface area contributed by atoms with Crippen LogP contribution in [0.4, 0.5) is 0 Å². The van der Waals surface area contributed by atoms with Crippen LogP contribution in [0.3, 0.4) is 0 Å². The number of hydrogen-bond acceptors (Lipinski definition) is 1. The Hall–Kier alpha value is -4.35. The van der Waals surface area contributed by atoms with Crippen molar-refractivity contribution in [1.29, 1.82) is 5.26 Å². The number of hydrogen-bond donors (Lipinski definition) is 0. The molecule has 6 rings (SSSR count). The van der Waals surface area contributed by atoms with Crippen molar-refractivity contribution in [1.82, 2.24) is 4.40 Å². The number of rotatable bonds is 2. The van der Waals surface area contributed by atoms with E-state index in [0.29, 0.717) is 5.56 Å². The molecular weight excluding hydrogens is 376 g/mol. The van der Waals surface area contributed by atoms with Crippen LogP contribution in [0.15, 0.2) is 109 Å². The first-order chi connectivity index (χ1) is 15.3. The smallest absolute Gasteiger partial charge is 0.0991 e. The molecule has 0 aliphatic carbocycles. The Morgan fingerprint density at radius 2 is 1.19 bits per heavy atom. The Bertz CT molecular complexity index is 1620. The molecule has 0 aliphatic rings. The monoisotopic (exact) mass is 394 g/mol. The van der Waals surface area contributed by atoms with Crippen molar-refractivity contribution in [2.75, 3.05) is 0 Å². The molecule has 0 amide bonds. The fourth-order valence-electron chi connectivity index (χ4n) is 4.67. The molecular formula is C29H18N2. The normalized spacial score (nSPS) is 11.2. The van der Waals surface area contributed by atoms with E-state index in [0.717, 1.165) is 21.9 Å². The van der Waals surface area contributed by atoms with Crippen LogP contribution in [0.1, 0.15) is 5.56 Å². The number of fused-ring (bicyclic) bond motifs is 5. The number of benzene rings is 4. The van der Waals surface area contributed by atoms with Gasteiger partial charge in [-0.25, -0.2) is 0 Å². The van der Waals surface area contributed by atoms with Gasteiger partial charge in [-0.2, -0.15) is 5.26 Å². The first-order valence-electron chi connectivity index (χ1n) is 10.4. The molecule has 0 bridgehead atoms. The summed E-state index contributed by atoms with van der Waals surface area (Å²) in [5, 5.41) is 11.7. The molecule has 0 saturated carbocycles. The number of nitriles is 1. The van der Waals surface area contributed by atoms with Gasteiger partial charge >= 0.3 is 0 Å². The Balaban J connectivity index is 1.90. The fraction of sp³-hybridized carbons (Fsp3) is 0. The van der Waals surface area contributed by atoms with Crippen LogP contribution >= 0.6 is 0 Å². The maximum Gasteiger partial charge on any atom is 0.0991 e. The molecule has 144 valence electrons. The lowest BCUT2D eigenvalue weighted by Gasteiger charge is -2.18. The van der Waals surface area contributed by atoms with Crippen LogP contribution in [0, 0.1) is 11.3 Å². The Kier molecular flexibility index (Phi) is 3.88. The van der Waals surface area contributed by atoms with Gasteiger partial charge in [0.2, 0.25) is 0 Å². The third-order valence-electron chi connectivity index (χ3n) is 5.98. The summed E-state index contributed by atoms with van der Waals surface area (Å²) in [5.74, 6) is 0. The molecule has 6 aromatic rings. The molecule has 0 radical (unpaired) electrons. The van der Waals surface area contributed by atoms with Gasteiger partial charge in [0.05, 0.1) is 28.2 Å². The maximum absolute atomic E-state index is 9.41. The van der Waals surface area contributed by atoms with Crippen molar-refractivity contribution in [3.8, 4) is 28.3 Å². The molecule has 2 aromatic heterocycles. The molecule has 0 spiro atoms. The molecule has 31 heavy (non-hydrogen) atoms. The Morgan fingerprint density at radius 3 is 1.90 bits per heavy atom. The van der Waals surface area contributed by atoms with Crippen molar-refractivity contribution in [3.05, 3.63) is 115 Å². The lowest BCUT2D eigenvalue weighted by atomic mass is 9.91. The molecule has 2 heterocycles. The molecule has 0 atom stereocenters. The molecule has 0 saturated heterocycles. The molecule has 2 heteroatoms. The average Bonchev–Trinajstić information content (AvgIpc) is 3.22. The summed E-state index contributed by atoms with van der Waals surface area (Å²) in [7, 11) is 0. The van der Waals surface area contributed by atoms with Gasteiger partial charge in [-0.1, -0.05) is 78.9 Å².